The van der Waals surface area contributed by atoms with Crippen LogP contribution in [0, 0.1) is 0 Å². The molecule has 0 aromatic heterocycles. The van der Waals surface area contributed by atoms with Crippen LogP contribution in [0.25, 0.3) is 0 Å². The highest BCUT2D eigenvalue weighted by Crippen LogP contribution is 2.22. The summed E-state index contributed by atoms with van der Waals surface area (Å²) >= 11 is 0. The second-order valence-electron chi connectivity index (χ2n) is 9.26. The van der Waals surface area contributed by atoms with Gasteiger partial charge in [0.1, 0.15) is 12.2 Å². The topological polar surface area (TPSA) is 140 Å². The number of hydrogen-bond donors (Lipinski definition) is 3. The summed E-state index contributed by atoms with van der Waals surface area (Å²) in [7, 11) is 1.12. The van der Waals surface area contributed by atoms with Crippen LogP contribution in [-0.2, 0) is 35.2 Å². The number of carbonyl (C=O) groups is 4. The third-order valence-electron chi connectivity index (χ3n) is 5.01. The summed E-state index contributed by atoms with van der Waals surface area (Å²) < 4.78 is 15.0. The van der Waals surface area contributed by atoms with Gasteiger partial charge in [-0.25, -0.2) is 9.59 Å². The Morgan fingerprint density at radius 3 is 2.19 bits per heavy atom. The van der Waals surface area contributed by atoms with E-state index in [2.05, 4.69) is 15.4 Å². The molecule has 37 heavy (non-hydrogen) atoms. The number of benzene rings is 2. The molecule has 0 aliphatic carbocycles. The van der Waals surface area contributed by atoms with E-state index in [4.69, 9.17) is 9.47 Å². The van der Waals surface area contributed by atoms with E-state index in [9.17, 15) is 24.3 Å². The first-order chi connectivity index (χ1) is 17.5. The molecule has 0 bridgehead atoms. The monoisotopic (exact) mass is 514 g/mol. The molecule has 0 aliphatic rings. The van der Waals surface area contributed by atoms with Crippen molar-refractivity contribution < 1.29 is 38.5 Å². The standard InChI is InChI=1S/C27H34N2O8/c1-27(2,3)37-26(34)29-23(24(32)25(33)35-4)19-13-15-20(16-14-19)28-21(30)11-8-12-22(31)36-17-18-9-6-5-7-10-18/h5-7,9-10,13-16,23-24,32H,8,11-12,17H2,1-4H3,(H,28,30)(H,29,34)/t23-,24+/m1/s1. The average molecular weight is 515 g/mol. The average Bonchev–Trinajstić information content (AvgIpc) is 2.85. The minimum absolute atomic E-state index is 0.114. The number of alkyl carbamates (subject to hydrolysis) is 1. The molecule has 10 heteroatoms. The lowest BCUT2D eigenvalue weighted by Gasteiger charge is -2.26. The van der Waals surface area contributed by atoms with Crippen LogP contribution >= 0.6 is 0 Å². The number of aliphatic hydroxyl groups excluding tert-OH is 1. The van der Waals surface area contributed by atoms with E-state index in [1.807, 2.05) is 30.3 Å². The molecule has 0 saturated heterocycles. The first-order valence-electron chi connectivity index (χ1n) is 11.8. The third-order valence-corrected chi connectivity index (χ3v) is 5.01. The molecule has 0 unspecified atom stereocenters. The molecule has 2 aromatic rings. The molecule has 0 saturated carbocycles. The zero-order valence-electron chi connectivity index (χ0n) is 21.5. The molecule has 0 spiro atoms. The predicted molar refractivity (Wildman–Crippen MR) is 135 cm³/mol. The molecule has 0 fully saturated rings. The fraction of sp³-hybridized carbons (Fsp3) is 0.407. The second kappa shape index (κ2) is 14.0. The molecule has 3 N–H and O–H groups in total. The summed E-state index contributed by atoms with van der Waals surface area (Å²) in [5, 5.41) is 15.6. The highest BCUT2D eigenvalue weighted by atomic mass is 16.6. The van der Waals surface area contributed by atoms with Gasteiger partial charge in [0, 0.05) is 18.5 Å². The molecule has 0 aliphatic heterocycles. The predicted octanol–water partition coefficient (Wildman–Crippen LogP) is 3.64. The van der Waals surface area contributed by atoms with Crippen molar-refractivity contribution in [1.29, 1.82) is 0 Å². The zero-order valence-corrected chi connectivity index (χ0v) is 21.5. The third kappa shape index (κ3) is 10.7. The van der Waals surface area contributed by atoms with Gasteiger partial charge in [0.2, 0.25) is 5.91 Å². The molecule has 2 atom stereocenters. The second-order valence-corrected chi connectivity index (χ2v) is 9.26. The lowest BCUT2D eigenvalue weighted by molar-refractivity contribution is -0.152. The lowest BCUT2D eigenvalue weighted by Crippen LogP contribution is -2.43. The van der Waals surface area contributed by atoms with E-state index in [0.717, 1.165) is 12.7 Å². The van der Waals surface area contributed by atoms with Gasteiger partial charge in [-0.3, -0.25) is 9.59 Å². The molecule has 0 radical (unpaired) electrons. The van der Waals surface area contributed by atoms with Gasteiger partial charge < -0.3 is 30.0 Å². The van der Waals surface area contributed by atoms with E-state index < -0.39 is 29.8 Å². The quantitative estimate of drug-likeness (QED) is 0.305. The van der Waals surface area contributed by atoms with Crippen LogP contribution in [0.4, 0.5) is 10.5 Å². The Labute approximate surface area is 216 Å². The van der Waals surface area contributed by atoms with Gasteiger partial charge in [-0.05, 0) is 50.5 Å². The SMILES string of the molecule is COC(=O)[C@@H](O)[C@H](NC(=O)OC(C)(C)C)c1ccc(NC(=O)CCCC(=O)OCc2ccccc2)cc1. The van der Waals surface area contributed by atoms with Crippen LogP contribution in [-0.4, -0.2) is 47.9 Å². The maximum Gasteiger partial charge on any atom is 0.408 e. The van der Waals surface area contributed by atoms with E-state index >= 15 is 0 Å². The highest BCUT2D eigenvalue weighted by molar-refractivity contribution is 5.91. The minimum Gasteiger partial charge on any atom is -0.467 e. The van der Waals surface area contributed by atoms with Crippen molar-refractivity contribution in [1.82, 2.24) is 5.32 Å². The minimum atomic E-state index is -1.68. The van der Waals surface area contributed by atoms with Gasteiger partial charge in [-0.2, -0.15) is 0 Å². The Morgan fingerprint density at radius 1 is 0.946 bits per heavy atom. The van der Waals surface area contributed by atoms with E-state index in [0.29, 0.717) is 17.7 Å². The number of hydrogen-bond acceptors (Lipinski definition) is 8. The summed E-state index contributed by atoms with van der Waals surface area (Å²) in [6, 6.07) is 14.4. The Morgan fingerprint density at radius 2 is 1.59 bits per heavy atom. The van der Waals surface area contributed by atoms with Crippen molar-refractivity contribution in [3.05, 3.63) is 65.7 Å². The molecule has 0 heterocycles. The van der Waals surface area contributed by atoms with Crippen LogP contribution in [0.1, 0.15) is 57.2 Å². The van der Waals surface area contributed by atoms with Gasteiger partial charge in [0.25, 0.3) is 0 Å². The molecule has 2 amide bonds. The largest absolute Gasteiger partial charge is 0.467 e. The Kier molecular flexibility index (Phi) is 11.1. The van der Waals surface area contributed by atoms with Crippen LogP contribution in [0.3, 0.4) is 0 Å². The summed E-state index contributed by atoms with van der Waals surface area (Å²) in [4.78, 5) is 48.3. The first kappa shape index (κ1) is 29.3. The number of rotatable bonds is 11. The number of methoxy groups -OCH3 is 1. The van der Waals surface area contributed by atoms with Gasteiger partial charge >= 0.3 is 18.0 Å². The molecule has 10 nitrogen and oxygen atoms in total. The van der Waals surface area contributed by atoms with Crippen LogP contribution in [0.5, 0.6) is 0 Å². The maximum atomic E-state index is 12.3. The van der Waals surface area contributed by atoms with Crippen molar-refractivity contribution in [2.24, 2.45) is 0 Å². The van der Waals surface area contributed by atoms with Crippen LogP contribution < -0.4 is 10.6 Å². The number of ether oxygens (including phenoxy) is 3. The summed E-state index contributed by atoms with van der Waals surface area (Å²) in [5.41, 5.74) is 0.962. The summed E-state index contributed by atoms with van der Waals surface area (Å²) in [5.74, 6) is -1.60. The molecule has 2 aromatic carbocycles. The molecular formula is C27H34N2O8. The number of aliphatic hydroxyl groups is 1. The Hall–Kier alpha value is -3.92. The highest BCUT2D eigenvalue weighted by Gasteiger charge is 2.31. The van der Waals surface area contributed by atoms with Crippen molar-refractivity contribution in [2.45, 2.75) is 64.4 Å². The zero-order chi connectivity index (χ0) is 27.4. The number of nitrogens with one attached hydrogen (secondary N) is 2. The Balaban J connectivity index is 1.89. The summed E-state index contributed by atoms with van der Waals surface area (Å²) in [6.07, 6.45) is -1.95. The van der Waals surface area contributed by atoms with Crippen LogP contribution in [0.2, 0.25) is 0 Å². The smallest absolute Gasteiger partial charge is 0.408 e. The van der Waals surface area contributed by atoms with Gasteiger partial charge in [0.15, 0.2) is 6.10 Å². The summed E-state index contributed by atoms with van der Waals surface area (Å²) in [6.45, 7) is 5.24. The van der Waals surface area contributed by atoms with Crippen molar-refractivity contribution in [3.63, 3.8) is 0 Å². The van der Waals surface area contributed by atoms with Crippen molar-refractivity contribution in [2.75, 3.05) is 12.4 Å². The number of esters is 2. The number of amides is 2. The van der Waals surface area contributed by atoms with Gasteiger partial charge in [-0.1, -0.05) is 42.5 Å². The van der Waals surface area contributed by atoms with Crippen LogP contribution in [0.15, 0.2) is 54.6 Å². The Bertz CT molecular complexity index is 1050. The van der Waals surface area contributed by atoms with E-state index in [-0.39, 0.29) is 31.3 Å². The fourth-order valence-electron chi connectivity index (χ4n) is 3.24. The first-order valence-corrected chi connectivity index (χ1v) is 11.8. The number of carbonyl (C=O) groups excluding carboxylic acids is 4. The number of anilines is 1. The molecule has 2 rings (SSSR count). The van der Waals surface area contributed by atoms with Gasteiger partial charge in [-0.15, -0.1) is 0 Å². The molecular weight excluding hydrogens is 480 g/mol. The normalized spacial score (nSPS) is 12.6. The van der Waals surface area contributed by atoms with E-state index in [1.54, 1.807) is 45.0 Å². The van der Waals surface area contributed by atoms with Crippen molar-refractivity contribution >= 4 is 29.6 Å². The van der Waals surface area contributed by atoms with Gasteiger partial charge in [0.05, 0.1) is 13.2 Å². The van der Waals surface area contributed by atoms with Crippen molar-refractivity contribution in [3.8, 4) is 0 Å². The molecule has 200 valence electrons. The lowest BCUT2D eigenvalue weighted by atomic mass is 10.0. The fourth-order valence-corrected chi connectivity index (χ4v) is 3.24. The maximum absolute atomic E-state index is 12.3. The van der Waals surface area contributed by atoms with E-state index in [1.165, 1.54) is 0 Å².